The Labute approximate surface area is 216 Å². The molecule has 0 saturated heterocycles. The minimum atomic E-state index is -0.988. The molecule has 0 fully saturated rings. The number of benzene rings is 3. The first-order valence-corrected chi connectivity index (χ1v) is 13.3. The van der Waals surface area contributed by atoms with Crippen LogP contribution in [0.1, 0.15) is 74.5 Å². The molecule has 0 bridgehead atoms. The summed E-state index contributed by atoms with van der Waals surface area (Å²) in [5.74, 6) is -0.304. The van der Waals surface area contributed by atoms with Crippen molar-refractivity contribution in [2.75, 3.05) is 13.2 Å². The Kier molecular flexibility index (Phi) is 11.7. The fourth-order valence-electron chi connectivity index (χ4n) is 4.96. The van der Waals surface area contributed by atoms with Crippen molar-refractivity contribution < 1.29 is 19.7 Å². The van der Waals surface area contributed by atoms with Gasteiger partial charge in [0.2, 0.25) is 0 Å². The molecular weight excluding hydrogens is 448 g/mol. The number of ether oxygens (including phenoxy) is 1. The average molecular weight is 489 g/mol. The monoisotopic (exact) mass is 488 g/mol. The van der Waals surface area contributed by atoms with Gasteiger partial charge >= 0.3 is 5.97 Å². The zero-order chi connectivity index (χ0) is 25.5. The number of rotatable bonds is 16. The van der Waals surface area contributed by atoms with Gasteiger partial charge in [-0.25, -0.2) is 0 Å². The number of hydrogen-bond donors (Lipinski definition) is 2. The Hall–Kier alpha value is -2.95. The summed E-state index contributed by atoms with van der Waals surface area (Å²) in [4.78, 5) is 11.7. The summed E-state index contributed by atoms with van der Waals surface area (Å²) in [5, 5.41) is 18.0. The molecule has 0 amide bonds. The van der Waals surface area contributed by atoms with Crippen molar-refractivity contribution in [3.05, 3.63) is 108 Å². The van der Waals surface area contributed by atoms with Crippen LogP contribution in [-0.2, 0) is 14.9 Å². The van der Waals surface area contributed by atoms with Gasteiger partial charge in [-0.1, -0.05) is 130 Å². The van der Waals surface area contributed by atoms with Gasteiger partial charge in [-0.05, 0) is 29.5 Å². The SMILES string of the molecule is O=C(CCCCCCCCCC(c1ccccc1)(c1ccccc1)c1ccccc1)OC[C@@H](O)CO. The van der Waals surface area contributed by atoms with Gasteiger partial charge < -0.3 is 14.9 Å². The summed E-state index contributed by atoms with van der Waals surface area (Å²) in [6, 6.07) is 32.7. The number of aliphatic hydroxyl groups excluding tert-OH is 2. The number of esters is 1. The van der Waals surface area contributed by atoms with E-state index < -0.39 is 12.7 Å². The Bertz CT molecular complexity index is 892. The smallest absolute Gasteiger partial charge is 0.305 e. The molecule has 0 spiro atoms. The molecule has 0 radical (unpaired) electrons. The van der Waals surface area contributed by atoms with E-state index >= 15 is 0 Å². The molecule has 3 aromatic carbocycles. The lowest BCUT2D eigenvalue weighted by atomic mass is 9.66. The van der Waals surface area contributed by atoms with Crippen LogP contribution in [-0.4, -0.2) is 35.5 Å². The minimum Gasteiger partial charge on any atom is -0.463 e. The third kappa shape index (κ3) is 8.04. The van der Waals surface area contributed by atoms with Gasteiger partial charge in [-0.2, -0.15) is 0 Å². The summed E-state index contributed by atoms with van der Waals surface area (Å²) < 4.78 is 4.95. The number of hydrogen-bond acceptors (Lipinski definition) is 4. The van der Waals surface area contributed by atoms with Crippen LogP contribution in [0.4, 0.5) is 0 Å². The van der Waals surface area contributed by atoms with Crippen LogP contribution in [0.3, 0.4) is 0 Å². The molecule has 1 atom stereocenters. The largest absolute Gasteiger partial charge is 0.463 e. The van der Waals surface area contributed by atoms with E-state index in [9.17, 15) is 9.90 Å². The zero-order valence-corrected chi connectivity index (χ0v) is 21.2. The van der Waals surface area contributed by atoms with Gasteiger partial charge in [0.15, 0.2) is 0 Å². The predicted molar refractivity (Wildman–Crippen MR) is 145 cm³/mol. The van der Waals surface area contributed by atoms with Crippen molar-refractivity contribution >= 4 is 5.97 Å². The van der Waals surface area contributed by atoms with Gasteiger partial charge in [0, 0.05) is 11.8 Å². The molecule has 3 aromatic rings. The third-order valence-corrected chi connectivity index (χ3v) is 6.88. The van der Waals surface area contributed by atoms with Crippen molar-refractivity contribution in [3.63, 3.8) is 0 Å². The molecule has 0 saturated carbocycles. The molecule has 0 heterocycles. The Morgan fingerprint density at radius 3 is 1.53 bits per heavy atom. The average Bonchev–Trinajstić information content (AvgIpc) is 2.94. The maximum absolute atomic E-state index is 11.7. The molecule has 4 heteroatoms. The maximum Gasteiger partial charge on any atom is 0.305 e. The Morgan fingerprint density at radius 2 is 1.08 bits per heavy atom. The lowest BCUT2D eigenvalue weighted by molar-refractivity contribution is -0.147. The first kappa shape index (κ1) is 27.6. The Balaban J connectivity index is 1.52. The van der Waals surface area contributed by atoms with Crippen LogP contribution in [0.15, 0.2) is 91.0 Å². The molecule has 0 aromatic heterocycles. The van der Waals surface area contributed by atoms with E-state index in [1.807, 2.05) is 0 Å². The van der Waals surface area contributed by atoms with Crippen molar-refractivity contribution in [1.82, 2.24) is 0 Å². The molecule has 4 nitrogen and oxygen atoms in total. The standard InChI is InChI=1S/C32H40O4/c33-25-30(34)26-36-31(35)23-15-4-2-1-3-5-16-24-32(27-17-9-6-10-18-27,28-19-11-7-12-20-28)29-21-13-8-14-22-29/h6-14,17-22,30,33-34H,1-5,15-16,23-26H2/t30-/m0/s1. The number of aliphatic hydroxyl groups is 2. The molecule has 0 aliphatic carbocycles. The highest BCUT2D eigenvalue weighted by atomic mass is 16.5. The number of unbranched alkanes of at least 4 members (excludes halogenated alkanes) is 6. The van der Waals surface area contributed by atoms with Crippen LogP contribution in [0.25, 0.3) is 0 Å². The second-order valence-electron chi connectivity index (χ2n) is 9.50. The number of carbonyl (C=O) groups is 1. The second-order valence-corrected chi connectivity index (χ2v) is 9.50. The van der Waals surface area contributed by atoms with E-state index in [1.165, 1.54) is 29.5 Å². The van der Waals surface area contributed by atoms with Gasteiger partial charge in [-0.3, -0.25) is 4.79 Å². The topological polar surface area (TPSA) is 66.8 Å². The van der Waals surface area contributed by atoms with Crippen LogP contribution in [0.2, 0.25) is 0 Å². The highest BCUT2D eigenvalue weighted by molar-refractivity contribution is 5.69. The summed E-state index contributed by atoms with van der Waals surface area (Å²) in [6.45, 7) is -0.526. The molecular formula is C32H40O4. The highest BCUT2D eigenvalue weighted by Gasteiger charge is 2.35. The number of carbonyl (C=O) groups excluding carboxylic acids is 1. The third-order valence-electron chi connectivity index (χ3n) is 6.88. The fraction of sp³-hybridized carbons (Fsp3) is 0.406. The lowest BCUT2D eigenvalue weighted by Crippen LogP contribution is -2.29. The maximum atomic E-state index is 11.7. The van der Waals surface area contributed by atoms with Gasteiger partial charge in [0.25, 0.3) is 0 Å². The van der Waals surface area contributed by atoms with Crippen LogP contribution < -0.4 is 0 Å². The van der Waals surface area contributed by atoms with E-state index in [0.717, 1.165) is 38.5 Å². The first-order valence-electron chi connectivity index (χ1n) is 13.3. The quantitative estimate of drug-likeness (QED) is 0.139. The van der Waals surface area contributed by atoms with Crippen LogP contribution in [0.5, 0.6) is 0 Å². The molecule has 192 valence electrons. The molecule has 0 unspecified atom stereocenters. The summed E-state index contributed by atoms with van der Waals surface area (Å²) in [7, 11) is 0. The van der Waals surface area contributed by atoms with Crippen LogP contribution >= 0.6 is 0 Å². The highest BCUT2D eigenvalue weighted by Crippen LogP contribution is 2.43. The second kappa shape index (κ2) is 15.2. The molecule has 0 aliphatic rings. The predicted octanol–water partition coefficient (Wildman–Crippen LogP) is 6.43. The van der Waals surface area contributed by atoms with Crippen LogP contribution in [0, 0.1) is 0 Å². The first-order chi connectivity index (χ1) is 17.7. The van der Waals surface area contributed by atoms with E-state index in [4.69, 9.17) is 9.84 Å². The zero-order valence-electron chi connectivity index (χ0n) is 21.2. The van der Waals surface area contributed by atoms with E-state index in [0.29, 0.717) is 6.42 Å². The summed E-state index contributed by atoms with van der Waals surface area (Å²) in [5.41, 5.74) is 3.83. The minimum absolute atomic E-state index is 0.133. The van der Waals surface area contributed by atoms with Crippen molar-refractivity contribution in [2.45, 2.75) is 69.3 Å². The van der Waals surface area contributed by atoms with E-state index in [2.05, 4.69) is 91.0 Å². The Morgan fingerprint density at radius 1 is 0.667 bits per heavy atom. The molecule has 2 N–H and O–H groups in total. The lowest BCUT2D eigenvalue weighted by Gasteiger charge is -2.36. The fourth-order valence-corrected chi connectivity index (χ4v) is 4.96. The van der Waals surface area contributed by atoms with Crippen molar-refractivity contribution in [2.24, 2.45) is 0 Å². The van der Waals surface area contributed by atoms with E-state index in [-0.39, 0.29) is 18.0 Å². The molecule has 36 heavy (non-hydrogen) atoms. The molecule has 3 rings (SSSR count). The van der Waals surface area contributed by atoms with Gasteiger partial charge in [0.1, 0.15) is 12.7 Å². The summed E-state index contributed by atoms with van der Waals surface area (Å²) >= 11 is 0. The molecule has 0 aliphatic heterocycles. The van der Waals surface area contributed by atoms with Gasteiger partial charge in [-0.15, -0.1) is 0 Å². The van der Waals surface area contributed by atoms with Crippen molar-refractivity contribution in [1.29, 1.82) is 0 Å². The summed E-state index contributed by atoms with van der Waals surface area (Å²) in [6.07, 6.45) is 7.99. The van der Waals surface area contributed by atoms with Gasteiger partial charge in [0.05, 0.1) is 6.61 Å². The van der Waals surface area contributed by atoms with Crippen molar-refractivity contribution in [3.8, 4) is 0 Å². The van der Waals surface area contributed by atoms with E-state index in [1.54, 1.807) is 0 Å². The normalized spacial score (nSPS) is 12.3.